The van der Waals surface area contributed by atoms with Crippen LogP contribution in [-0.4, -0.2) is 57.7 Å². The van der Waals surface area contributed by atoms with Crippen LogP contribution in [0.5, 0.6) is 5.88 Å². The highest BCUT2D eigenvalue weighted by molar-refractivity contribution is 5.86. The maximum Gasteiger partial charge on any atom is 0.242 e. The van der Waals surface area contributed by atoms with E-state index in [0.29, 0.717) is 25.3 Å². The number of carbonyl (C=O) groups excluding carboxylic acids is 2. The molecule has 30 heavy (non-hydrogen) atoms. The first-order valence-electron chi connectivity index (χ1n) is 10.7. The van der Waals surface area contributed by atoms with Crippen molar-refractivity contribution in [2.75, 3.05) is 20.2 Å². The van der Waals surface area contributed by atoms with Gasteiger partial charge in [0.15, 0.2) is 5.65 Å². The highest BCUT2D eigenvalue weighted by atomic mass is 16.5. The van der Waals surface area contributed by atoms with Gasteiger partial charge < -0.3 is 15.0 Å². The van der Waals surface area contributed by atoms with Gasteiger partial charge in [-0.15, -0.1) is 5.10 Å². The van der Waals surface area contributed by atoms with E-state index < -0.39 is 0 Å². The molecule has 3 rings (SSSR count). The number of amides is 2. The summed E-state index contributed by atoms with van der Waals surface area (Å²) in [5.74, 6) is 0.680. The van der Waals surface area contributed by atoms with Gasteiger partial charge in [-0.05, 0) is 44.2 Å². The molecule has 1 N–H and O–H groups in total. The second kappa shape index (κ2) is 9.02. The second-order valence-corrected chi connectivity index (χ2v) is 8.47. The van der Waals surface area contributed by atoms with E-state index in [1.54, 1.807) is 11.8 Å². The minimum Gasteiger partial charge on any atom is -0.479 e. The number of hydrogen-bond acceptors (Lipinski definition) is 5. The van der Waals surface area contributed by atoms with Gasteiger partial charge in [-0.2, -0.15) is 0 Å². The van der Waals surface area contributed by atoms with Crippen LogP contribution >= 0.6 is 0 Å². The van der Waals surface area contributed by atoms with Crippen molar-refractivity contribution in [3.8, 4) is 5.88 Å². The van der Waals surface area contributed by atoms with Crippen LogP contribution in [0, 0.1) is 19.8 Å². The largest absolute Gasteiger partial charge is 0.479 e. The molecule has 0 aromatic carbocycles. The molecule has 1 atom stereocenters. The zero-order valence-corrected chi connectivity index (χ0v) is 18.9. The molecule has 1 aliphatic rings. The van der Waals surface area contributed by atoms with Crippen LogP contribution < -0.4 is 10.1 Å². The van der Waals surface area contributed by atoms with Crippen molar-refractivity contribution >= 4 is 22.8 Å². The fourth-order valence-electron chi connectivity index (χ4n) is 4.19. The molecule has 2 amide bonds. The van der Waals surface area contributed by atoms with Crippen molar-refractivity contribution in [2.45, 2.75) is 59.4 Å². The molecular formula is C22H33N5O3. The molecule has 164 valence electrons. The van der Waals surface area contributed by atoms with Gasteiger partial charge in [-0.25, -0.2) is 9.67 Å². The van der Waals surface area contributed by atoms with Crippen molar-refractivity contribution in [3.05, 3.63) is 16.8 Å². The minimum absolute atomic E-state index is 0.0405. The van der Waals surface area contributed by atoms with Crippen molar-refractivity contribution in [1.29, 1.82) is 0 Å². The quantitative estimate of drug-likeness (QED) is 0.782. The summed E-state index contributed by atoms with van der Waals surface area (Å²) in [6.07, 6.45) is 2.87. The number of likely N-dealkylation sites (tertiary alicyclic amines) is 1. The van der Waals surface area contributed by atoms with Crippen molar-refractivity contribution in [2.24, 2.45) is 13.0 Å². The summed E-state index contributed by atoms with van der Waals surface area (Å²) in [5, 5.41) is 8.36. The molecule has 0 bridgehead atoms. The number of nitrogens with zero attached hydrogens (tertiary/aromatic N) is 4. The lowest BCUT2D eigenvalue weighted by molar-refractivity contribution is -0.134. The summed E-state index contributed by atoms with van der Waals surface area (Å²) in [6.45, 7) is 9.12. The fraction of sp³-hybridized carbons (Fsp3) is 0.636. The number of methoxy groups -OCH3 is 1. The van der Waals surface area contributed by atoms with Gasteiger partial charge in [0.1, 0.15) is 0 Å². The standard InChI is InChI=1S/C22H33N5O3/c1-13(2)21(29)24-16-8-7-11-27(12-16)18(28)10-9-17-14(3)19-20(23-15(17)4)26(5)25-22(19)30-6/h13,16H,7-12H2,1-6H3,(H,24,29). The monoisotopic (exact) mass is 415 g/mol. The first-order chi connectivity index (χ1) is 14.2. The Balaban J connectivity index is 1.70. The first kappa shape index (κ1) is 22.1. The molecule has 1 fully saturated rings. The number of rotatable bonds is 6. The Hall–Kier alpha value is -2.64. The third kappa shape index (κ3) is 4.42. The van der Waals surface area contributed by atoms with Crippen LogP contribution in [0.2, 0.25) is 0 Å². The predicted octanol–water partition coefficient (Wildman–Crippen LogP) is 2.29. The van der Waals surface area contributed by atoms with E-state index >= 15 is 0 Å². The van der Waals surface area contributed by atoms with Gasteiger partial charge >= 0.3 is 0 Å². The third-order valence-electron chi connectivity index (χ3n) is 5.95. The Morgan fingerprint density at radius 1 is 1.30 bits per heavy atom. The Morgan fingerprint density at radius 3 is 2.70 bits per heavy atom. The molecule has 0 spiro atoms. The molecule has 8 nitrogen and oxygen atoms in total. The lowest BCUT2D eigenvalue weighted by Crippen LogP contribution is -2.50. The Bertz CT molecular complexity index is 950. The number of aryl methyl sites for hydroxylation is 3. The normalized spacial score (nSPS) is 16.9. The molecule has 1 saturated heterocycles. The number of hydrogen-bond donors (Lipinski definition) is 1. The van der Waals surface area contributed by atoms with E-state index in [1.807, 2.05) is 39.6 Å². The summed E-state index contributed by atoms with van der Waals surface area (Å²) < 4.78 is 7.15. The smallest absolute Gasteiger partial charge is 0.242 e. The number of aromatic nitrogens is 3. The highest BCUT2D eigenvalue weighted by Crippen LogP contribution is 2.30. The van der Waals surface area contributed by atoms with Crippen molar-refractivity contribution in [3.63, 3.8) is 0 Å². The Kier molecular flexibility index (Phi) is 6.63. The number of carbonyl (C=O) groups is 2. The molecule has 3 heterocycles. The van der Waals surface area contributed by atoms with Gasteiger partial charge in [0, 0.05) is 44.2 Å². The molecule has 0 aliphatic carbocycles. The average molecular weight is 416 g/mol. The molecule has 1 unspecified atom stereocenters. The topological polar surface area (TPSA) is 89.3 Å². The van der Waals surface area contributed by atoms with Gasteiger partial charge in [-0.1, -0.05) is 13.8 Å². The Labute approximate surface area is 178 Å². The van der Waals surface area contributed by atoms with Gasteiger partial charge in [-0.3, -0.25) is 9.59 Å². The fourth-order valence-corrected chi connectivity index (χ4v) is 4.19. The van der Waals surface area contributed by atoms with Gasteiger partial charge in [0.2, 0.25) is 17.7 Å². The van der Waals surface area contributed by atoms with Crippen LogP contribution in [0.3, 0.4) is 0 Å². The first-order valence-corrected chi connectivity index (χ1v) is 10.7. The van der Waals surface area contributed by atoms with Crippen molar-refractivity contribution < 1.29 is 14.3 Å². The zero-order valence-electron chi connectivity index (χ0n) is 18.9. The van der Waals surface area contributed by atoms with Gasteiger partial charge in [0.25, 0.3) is 0 Å². The number of nitrogens with one attached hydrogen (secondary N) is 1. The zero-order chi connectivity index (χ0) is 22.0. The number of fused-ring (bicyclic) bond motifs is 1. The number of pyridine rings is 1. The number of piperidine rings is 1. The molecule has 2 aromatic heterocycles. The number of ether oxygens (including phenoxy) is 1. The van der Waals surface area contributed by atoms with E-state index in [2.05, 4.69) is 10.4 Å². The molecule has 8 heteroatoms. The molecule has 1 aliphatic heterocycles. The lowest BCUT2D eigenvalue weighted by Gasteiger charge is -2.33. The molecular weight excluding hydrogens is 382 g/mol. The van der Waals surface area contributed by atoms with Crippen LogP contribution in [0.15, 0.2) is 0 Å². The van der Waals surface area contributed by atoms with Crippen molar-refractivity contribution in [1.82, 2.24) is 25.0 Å². The van der Waals surface area contributed by atoms with E-state index in [4.69, 9.17) is 9.72 Å². The summed E-state index contributed by atoms with van der Waals surface area (Å²) in [7, 11) is 3.46. The lowest BCUT2D eigenvalue weighted by atomic mass is 9.99. The SMILES string of the molecule is COc1nn(C)c2nc(C)c(CCC(=O)N3CCCC(NC(=O)C(C)C)C3)c(C)c12. The van der Waals surface area contributed by atoms with Crippen LogP contribution in [0.1, 0.15) is 49.9 Å². The van der Waals surface area contributed by atoms with Crippen LogP contribution in [0.4, 0.5) is 0 Å². The summed E-state index contributed by atoms with van der Waals surface area (Å²) >= 11 is 0. The summed E-state index contributed by atoms with van der Waals surface area (Å²) in [4.78, 5) is 31.5. The second-order valence-electron chi connectivity index (χ2n) is 8.47. The average Bonchev–Trinajstić information content (AvgIpc) is 3.03. The van der Waals surface area contributed by atoms with E-state index in [-0.39, 0.29) is 23.8 Å². The minimum atomic E-state index is -0.0473. The van der Waals surface area contributed by atoms with Crippen LogP contribution in [-0.2, 0) is 23.1 Å². The molecule has 2 aromatic rings. The summed E-state index contributed by atoms with van der Waals surface area (Å²) in [5.41, 5.74) is 3.84. The Morgan fingerprint density at radius 2 is 2.03 bits per heavy atom. The highest BCUT2D eigenvalue weighted by Gasteiger charge is 2.26. The van der Waals surface area contributed by atoms with E-state index in [9.17, 15) is 9.59 Å². The maximum absolute atomic E-state index is 12.9. The summed E-state index contributed by atoms with van der Waals surface area (Å²) in [6, 6.07) is 0.0405. The molecule has 0 saturated carbocycles. The predicted molar refractivity (Wildman–Crippen MR) is 115 cm³/mol. The third-order valence-corrected chi connectivity index (χ3v) is 5.95. The molecule has 0 radical (unpaired) electrons. The van der Waals surface area contributed by atoms with Gasteiger partial charge in [0.05, 0.1) is 12.5 Å². The van der Waals surface area contributed by atoms with E-state index in [0.717, 1.165) is 47.2 Å². The maximum atomic E-state index is 12.9. The van der Waals surface area contributed by atoms with E-state index in [1.165, 1.54) is 0 Å². The van der Waals surface area contributed by atoms with Crippen LogP contribution in [0.25, 0.3) is 11.0 Å².